The monoisotopic (exact) mass is 351 g/mol. The molecule has 0 saturated carbocycles. The second-order valence-electron chi connectivity index (χ2n) is 6.63. The summed E-state index contributed by atoms with van der Waals surface area (Å²) in [5.41, 5.74) is -0.686. The first-order valence-electron chi connectivity index (χ1n) is 8.77. The zero-order chi connectivity index (χ0) is 19.0. The highest BCUT2D eigenvalue weighted by atomic mass is 16.5. The lowest BCUT2D eigenvalue weighted by Crippen LogP contribution is -2.34. The topological polar surface area (TPSA) is 95.9 Å². The highest BCUT2D eigenvalue weighted by Gasteiger charge is 2.28. The Hall–Kier alpha value is -2.08. The Kier molecular flexibility index (Phi) is 7.90. The molecule has 1 aromatic carbocycles. The lowest BCUT2D eigenvalue weighted by Gasteiger charge is -2.27. The van der Waals surface area contributed by atoms with Gasteiger partial charge in [0.1, 0.15) is 5.75 Å². The fourth-order valence-corrected chi connectivity index (χ4v) is 2.84. The van der Waals surface area contributed by atoms with Crippen molar-refractivity contribution in [3.8, 4) is 5.75 Å². The second kappa shape index (κ2) is 9.42. The second-order valence-corrected chi connectivity index (χ2v) is 6.63. The van der Waals surface area contributed by atoms with Crippen molar-refractivity contribution in [2.24, 2.45) is 0 Å². The molecule has 140 valence electrons. The lowest BCUT2D eigenvalue weighted by molar-refractivity contribution is -0.121. The Labute approximate surface area is 149 Å². The molecule has 0 fully saturated rings. The van der Waals surface area contributed by atoms with Crippen LogP contribution in [0.2, 0.25) is 0 Å². The predicted octanol–water partition coefficient (Wildman–Crippen LogP) is 3.83. The highest BCUT2D eigenvalue weighted by molar-refractivity contribution is 5.96. The van der Waals surface area contributed by atoms with E-state index < -0.39 is 11.6 Å². The Balaban J connectivity index is 2.99. The molecule has 25 heavy (non-hydrogen) atoms. The molecule has 0 aliphatic rings. The van der Waals surface area contributed by atoms with Gasteiger partial charge in [0.05, 0.1) is 29.4 Å². The zero-order valence-corrected chi connectivity index (χ0v) is 15.5. The standard InChI is InChI=1S/C19H29NO5/c1-5-9-19(24,10-6-2)12-17(21)20-15-11-14(18(22)23)7-8-16(15)25-13(3)4/h7-8,11,13,24H,5-6,9-10,12H2,1-4H3,(H,20,21)(H,22,23). The van der Waals surface area contributed by atoms with Gasteiger partial charge in [-0.15, -0.1) is 0 Å². The number of aliphatic hydroxyl groups is 1. The fraction of sp³-hybridized carbons (Fsp3) is 0.579. The third kappa shape index (κ3) is 6.74. The molecule has 0 aliphatic heterocycles. The normalized spacial score (nSPS) is 11.4. The van der Waals surface area contributed by atoms with Gasteiger partial charge in [0.2, 0.25) is 5.91 Å². The Bertz CT molecular complexity index is 591. The van der Waals surface area contributed by atoms with Crippen molar-refractivity contribution in [2.45, 2.75) is 71.5 Å². The molecule has 0 saturated heterocycles. The largest absolute Gasteiger partial charge is 0.489 e. The number of benzene rings is 1. The van der Waals surface area contributed by atoms with Gasteiger partial charge in [-0.1, -0.05) is 26.7 Å². The number of carbonyl (C=O) groups excluding carboxylic acids is 1. The number of hydrogen-bond donors (Lipinski definition) is 3. The molecule has 1 aromatic rings. The van der Waals surface area contributed by atoms with Crippen LogP contribution < -0.4 is 10.1 Å². The number of carboxylic acids is 1. The maximum absolute atomic E-state index is 12.4. The average molecular weight is 351 g/mol. The van der Waals surface area contributed by atoms with E-state index >= 15 is 0 Å². The van der Waals surface area contributed by atoms with E-state index in [0.717, 1.165) is 12.8 Å². The minimum Gasteiger partial charge on any atom is -0.489 e. The number of aromatic carboxylic acids is 1. The van der Waals surface area contributed by atoms with Gasteiger partial charge in [-0.2, -0.15) is 0 Å². The van der Waals surface area contributed by atoms with Gasteiger partial charge in [-0.3, -0.25) is 4.79 Å². The molecule has 1 amide bonds. The summed E-state index contributed by atoms with van der Waals surface area (Å²) in [6.45, 7) is 7.61. The Morgan fingerprint density at radius 1 is 1.20 bits per heavy atom. The van der Waals surface area contributed by atoms with E-state index in [1.165, 1.54) is 18.2 Å². The lowest BCUT2D eigenvalue weighted by atomic mass is 9.89. The predicted molar refractivity (Wildman–Crippen MR) is 97.2 cm³/mol. The molecule has 0 atom stereocenters. The van der Waals surface area contributed by atoms with Crippen LogP contribution in [0.15, 0.2) is 18.2 Å². The van der Waals surface area contributed by atoms with Gasteiger partial charge < -0.3 is 20.3 Å². The number of carbonyl (C=O) groups is 2. The van der Waals surface area contributed by atoms with Crippen molar-refractivity contribution < 1.29 is 24.5 Å². The smallest absolute Gasteiger partial charge is 0.335 e. The van der Waals surface area contributed by atoms with E-state index in [1.807, 2.05) is 27.7 Å². The maximum atomic E-state index is 12.4. The van der Waals surface area contributed by atoms with Crippen molar-refractivity contribution >= 4 is 17.6 Å². The van der Waals surface area contributed by atoms with E-state index in [2.05, 4.69) is 5.32 Å². The summed E-state index contributed by atoms with van der Waals surface area (Å²) in [5.74, 6) is -1.04. The summed E-state index contributed by atoms with van der Waals surface area (Å²) in [6, 6.07) is 4.33. The molecular weight excluding hydrogens is 322 g/mol. The SMILES string of the molecule is CCCC(O)(CCC)CC(=O)Nc1cc(C(=O)O)ccc1OC(C)C. The van der Waals surface area contributed by atoms with E-state index in [1.54, 1.807) is 0 Å². The van der Waals surface area contributed by atoms with Crippen LogP contribution in [0, 0.1) is 0 Å². The molecule has 0 bridgehead atoms. The average Bonchev–Trinajstić information content (AvgIpc) is 2.48. The third-order valence-corrected chi connectivity index (χ3v) is 3.78. The summed E-state index contributed by atoms with van der Waals surface area (Å²) < 4.78 is 5.64. The molecule has 0 aromatic heterocycles. The number of nitrogens with one attached hydrogen (secondary N) is 1. The molecule has 0 aliphatic carbocycles. The van der Waals surface area contributed by atoms with Crippen molar-refractivity contribution in [1.82, 2.24) is 0 Å². The number of ether oxygens (including phenoxy) is 1. The molecule has 6 heteroatoms. The molecule has 3 N–H and O–H groups in total. The zero-order valence-electron chi connectivity index (χ0n) is 15.5. The third-order valence-electron chi connectivity index (χ3n) is 3.78. The summed E-state index contributed by atoms with van der Waals surface area (Å²) >= 11 is 0. The molecule has 0 radical (unpaired) electrons. The Morgan fingerprint density at radius 2 is 1.80 bits per heavy atom. The minimum atomic E-state index is -1.08. The van der Waals surface area contributed by atoms with Gasteiger partial charge in [-0.05, 0) is 44.9 Å². The highest BCUT2D eigenvalue weighted by Crippen LogP contribution is 2.29. The molecule has 6 nitrogen and oxygen atoms in total. The van der Waals surface area contributed by atoms with Crippen molar-refractivity contribution in [3.05, 3.63) is 23.8 Å². The van der Waals surface area contributed by atoms with Crippen molar-refractivity contribution in [1.29, 1.82) is 0 Å². The summed E-state index contributed by atoms with van der Waals surface area (Å²) in [6.07, 6.45) is 2.48. The van der Waals surface area contributed by atoms with E-state index in [9.17, 15) is 14.7 Å². The van der Waals surface area contributed by atoms with Crippen LogP contribution in [0.5, 0.6) is 5.75 Å². The van der Waals surface area contributed by atoms with E-state index in [4.69, 9.17) is 9.84 Å². The van der Waals surface area contributed by atoms with Gasteiger partial charge in [-0.25, -0.2) is 4.79 Å². The van der Waals surface area contributed by atoms with Crippen LogP contribution in [0.4, 0.5) is 5.69 Å². The number of carboxylic acid groups (broad SMARTS) is 1. The fourth-order valence-electron chi connectivity index (χ4n) is 2.84. The summed E-state index contributed by atoms with van der Waals surface area (Å²) in [5, 5.41) is 22.5. The van der Waals surface area contributed by atoms with Crippen LogP contribution >= 0.6 is 0 Å². The molecule has 0 spiro atoms. The molecule has 0 heterocycles. The minimum absolute atomic E-state index is 0.0346. The van der Waals surface area contributed by atoms with Crippen LogP contribution in [0.1, 0.15) is 70.2 Å². The molecular formula is C19H29NO5. The first-order chi connectivity index (χ1) is 11.7. The maximum Gasteiger partial charge on any atom is 0.335 e. The van der Waals surface area contributed by atoms with Crippen molar-refractivity contribution in [3.63, 3.8) is 0 Å². The van der Waals surface area contributed by atoms with E-state index in [-0.39, 0.29) is 24.0 Å². The molecule has 1 rings (SSSR count). The van der Waals surface area contributed by atoms with Crippen LogP contribution in [-0.2, 0) is 4.79 Å². The van der Waals surface area contributed by atoms with Gasteiger partial charge in [0, 0.05) is 0 Å². The summed E-state index contributed by atoms with van der Waals surface area (Å²) in [7, 11) is 0. The van der Waals surface area contributed by atoms with Gasteiger partial charge >= 0.3 is 5.97 Å². The number of hydrogen-bond acceptors (Lipinski definition) is 4. The van der Waals surface area contributed by atoms with Gasteiger partial charge in [0.15, 0.2) is 0 Å². The van der Waals surface area contributed by atoms with E-state index in [0.29, 0.717) is 24.3 Å². The Morgan fingerprint density at radius 3 is 2.28 bits per heavy atom. The first kappa shape index (κ1) is 21.0. The summed E-state index contributed by atoms with van der Waals surface area (Å²) in [4.78, 5) is 23.6. The number of amides is 1. The number of anilines is 1. The first-order valence-corrected chi connectivity index (χ1v) is 8.77. The van der Waals surface area contributed by atoms with Crippen LogP contribution in [-0.4, -0.2) is 33.8 Å². The van der Waals surface area contributed by atoms with Gasteiger partial charge in [0.25, 0.3) is 0 Å². The van der Waals surface area contributed by atoms with Crippen molar-refractivity contribution in [2.75, 3.05) is 5.32 Å². The van der Waals surface area contributed by atoms with Crippen LogP contribution in [0.25, 0.3) is 0 Å². The number of rotatable bonds is 10. The quantitative estimate of drug-likeness (QED) is 0.595. The molecule has 0 unspecified atom stereocenters. The van der Waals surface area contributed by atoms with Crippen LogP contribution in [0.3, 0.4) is 0 Å².